The van der Waals surface area contributed by atoms with Crippen LogP contribution in [0.5, 0.6) is 5.75 Å². The number of hydrogen-bond donors (Lipinski definition) is 3. The number of aromatic nitrogens is 2. The van der Waals surface area contributed by atoms with Crippen LogP contribution in [0.3, 0.4) is 0 Å². The maximum absolute atomic E-state index is 12.5. The van der Waals surface area contributed by atoms with E-state index in [4.69, 9.17) is 11.6 Å². The number of rotatable bonds is 5. The molecule has 3 N–H and O–H groups in total. The second-order valence-electron chi connectivity index (χ2n) is 5.96. The Morgan fingerprint density at radius 2 is 1.79 bits per heavy atom. The van der Waals surface area contributed by atoms with Crippen molar-refractivity contribution in [2.75, 3.05) is 10.6 Å². The predicted octanol–water partition coefficient (Wildman–Crippen LogP) is 3.54. The summed E-state index contributed by atoms with van der Waals surface area (Å²) in [5.74, 6) is -1.58. The third kappa shape index (κ3) is 4.74. The summed E-state index contributed by atoms with van der Waals surface area (Å²) in [6, 6.07) is 10.1. The molecule has 3 aromatic rings. The molecule has 0 aliphatic heterocycles. The molecule has 0 aliphatic rings. The highest BCUT2D eigenvalue weighted by Gasteiger charge is 2.18. The number of hydrogen-bond acceptors (Lipinski definition) is 6. The van der Waals surface area contributed by atoms with Gasteiger partial charge in [0.1, 0.15) is 11.6 Å². The summed E-state index contributed by atoms with van der Waals surface area (Å²) in [5, 5.41) is 15.6. The van der Waals surface area contributed by atoms with Gasteiger partial charge in [-0.2, -0.15) is 0 Å². The number of ketones is 1. The fraction of sp³-hybridized carbons (Fsp3) is 0.0500. The SMILES string of the molecule is CC(=O)c1ccc(C(=O)Nc2cccnc2C(=O)Nc2ccc(Cl)cn2)c(O)c1. The first-order chi connectivity index (χ1) is 13.8. The first kappa shape index (κ1) is 20.0. The number of halogens is 1. The molecule has 0 bridgehead atoms. The smallest absolute Gasteiger partial charge is 0.277 e. The van der Waals surface area contributed by atoms with Gasteiger partial charge in [-0.1, -0.05) is 17.7 Å². The number of Topliss-reactive ketones (excluding diaryl/α,β-unsaturated/α-hetero) is 1. The van der Waals surface area contributed by atoms with Crippen molar-refractivity contribution >= 4 is 40.7 Å². The second kappa shape index (κ2) is 8.49. The minimum Gasteiger partial charge on any atom is -0.507 e. The minimum absolute atomic E-state index is 0.0440. The maximum atomic E-state index is 12.5. The highest BCUT2D eigenvalue weighted by atomic mass is 35.5. The number of nitrogens with one attached hydrogen (secondary N) is 2. The third-order valence-electron chi connectivity index (χ3n) is 3.89. The van der Waals surface area contributed by atoms with Crippen LogP contribution < -0.4 is 10.6 Å². The van der Waals surface area contributed by atoms with E-state index in [0.717, 1.165) is 0 Å². The number of anilines is 2. The first-order valence-corrected chi connectivity index (χ1v) is 8.76. The Morgan fingerprint density at radius 3 is 2.45 bits per heavy atom. The molecule has 0 saturated carbocycles. The maximum Gasteiger partial charge on any atom is 0.277 e. The van der Waals surface area contributed by atoms with E-state index >= 15 is 0 Å². The fourth-order valence-corrected chi connectivity index (χ4v) is 2.56. The van der Waals surface area contributed by atoms with Crippen molar-refractivity contribution in [2.45, 2.75) is 6.92 Å². The highest BCUT2D eigenvalue weighted by Crippen LogP contribution is 2.22. The number of nitrogens with zero attached hydrogens (tertiary/aromatic N) is 2. The number of pyridine rings is 2. The van der Waals surface area contributed by atoms with Crippen molar-refractivity contribution in [3.63, 3.8) is 0 Å². The third-order valence-corrected chi connectivity index (χ3v) is 4.11. The fourth-order valence-electron chi connectivity index (χ4n) is 2.44. The van der Waals surface area contributed by atoms with E-state index in [1.54, 1.807) is 12.1 Å². The molecule has 3 rings (SSSR count). The van der Waals surface area contributed by atoms with E-state index in [1.165, 1.54) is 49.6 Å². The molecule has 8 nitrogen and oxygen atoms in total. The number of carbonyl (C=O) groups is 3. The molecule has 0 aliphatic carbocycles. The van der Waals surface area contributed by atoms with Gasteiger partial charge in [-0.3, -0.25) is 14.4 Å². The first-order valence-electron chi connectivity index (χ1n) is 8.38. The van der Waals surface area contributed by atoms with Crippen molar-refractivity contribution in [3.8, 4) is 5.75 Å². The van der Waals surface area contributed by atoms with Crippen molar-refractivity contribution in [2.24, 2.45) is 0 Å². The van der Waals surface area contributed by atoms with Crippen LogP contribution in [0.1, 0.15) is 38.1 Å². The molecule has 2 heterocycles. The van der Waals surface area contributed by atoms with Crippen LogP contribution in [0.15, 0.2) is 54.9 Å². The minimum atomic E-state index is -0.663. The van der Waals surface area contributed by atoms with Gasteiger partial charge >= 0.3 is 0 Å². The molecule has 1 aromatic carbocycles. The molecular formula is C20H15ClN4O4. The number of aromatic hydroxyl groups is 1. The van der Waals surface area contributed by atoms with Crippen LogP contribution in [-0.4, -0.2) is 32.7 Å². The molecule has 0 saturated heterocycles. The molecule has 0 fully saturated rings. The summed E-state index contributed by atoms with van der Waals surface area (Å²) in [7, 11) is 0. The quantitative estimate of drug-likeness (QED) is 0.553. The number of amides is 2. The van der Waals surface area contributed by atoms with E-state index in [0.29, 0.717) is 5.02 Å². The molecule has 9 heteroatoms. The summed E-state index contributed by atoms with van der Waals surface area (Å²) in [6.45, 7) is 1.35. The van der Waals surface area contributed by atoms with E-state index in [1.807, 2.05) is 0 Å². The van der Waals surface area contributed by atoms with Crippen LogP contribution in [0.4, 0.5) is 11.5 Å². The molecule has 2 amide bonds. The lowest BCUT2D eigenvalue weighted by molar-refractivity contribution is 0.100. The van der Waals surface area contributed by atoms with E-state index in [2.05, 4.69) is 20.6 Å². The molecular weight excluding hydrogens is 396 g/mol. The van der Waals surface area contributed by atoms with Gasteiger partial charge in [0.15, 0.2) is 11.5 Å². The van der Waals surface area contributed by atoms with Crippen LogP contribution in [-0.2, 0) is 0 Å². The van der Waals surface area contributed by atoms with Gasteiger partial charge in [0.2, 0.25) is 0 Å². The lowest BCUT2D eigenvalue weighted by atomic mass is 10.1. The summed E-state index contributed by atoms with van der Waals surface area (Å²) in [5.41, 5.74) is 0.317. The van der Waals surface area contributed by atoms with Gasteiger partial charge in [-0.05, 0) is 43.3 Å². The van der Waals surface area contributed by atoms with Gasteiger partial charge in [0.25, 0.3) is 11.8 Å². The normalized spacial score (nSPS) is 10.3. The number of phenolic OH excluding ortho intramolecular Hbond substituents is 1. The average molecular weight is 411 g/mol. The summed E-state index contributed by atoms with van der Waals surface area (Å²) < 4.78 is 0. The summed E-state index contributed by atoms with van der Waals surface area (Å²) in [6.07, 6.45) is 2.78. The highest BCUT2D eigenvalue weighted by molar-refractivity contribution is 6.30. The Balaban J connectivity index is 1.81. The van der Waals surface area contributed by atoms with Gasteiger partial charge in [-0.15, -0.1) is 0 Å². The lowest BCUT2D eigenvalue weighted by Gasteiger charge is -2.11. The number of carbonyl (C=O) groups excluding carboxylic acids is 3. The molecule has 146 valence electrons. The van der Waals surface area contributed by atoms with Crippen molar-refractivity contribution in [1.82, 2.24) is 9.97 Å². The molecule has 29 heavy (non-hydrogen) atoms. The predicted molar refractivity (Wildman–Crippen MR) is 108 cm³/mol. The Bertz CT molecular complexity index is 1100. The Kier molecular flexibility index (Phi) is 5.85. The molecule has 2 aromatic heterocycles. The standard InChI is InChI=1S/C20H15ClN4O4/c1-11(26)12-4-6-14(16(27)9-12)19(28)24-15-3-2-8-22-18(15)20(29)25-17-7-5-13(21)10-23-17/h2-10,27H,1H3,(H,24,28)(H,23,25,29). The van der Waals surface area contributed by atoms with Gasteiger partial charge in [0, 0.05) is 18.0 Å². The van der Waals surface area contributed by atoms with Crippen molar-refractivity contribution < 1.29 is 19.5 Å². The van der Waals surface area contributed by atoms with Gasteiger partial charge in [0.05, 0.1) is 16.3 Å². The molecule has 0 atom stereocenters. The zero-order valence-corrected chi connectivity index (χ0v) is 15.9. The van der Waals surface area contributed by atoms with Gasteiger partial charge < -0.3 is 15.7 Å². The zero-order chi connectivity index (χ0) is 21.0. The van der Waals surface area contributed by atoms with Crippen LogP contribution >= 0.6 is 11.6 Å². The Morgan fingerprint density at radius 1 is 1.00 bits per heavy atom. The average Bonchev–Trinajstić information content (AvgIpc) is 2.69. The topological polar surface area (TPSA) is 121 Å². The van der Waals surface area contributed by atoms with Crippen molar-refractivity contribution in [3.05, 3.63) is 76.7 Å². The summed E-state index contributed by atoms with van der Waals surface area (Å²) >= 11 is 5.77. The van der Waals surface area contributed by atoms with Crippen LogP contribution in [0.2, 0.25) is 5.02 Å². The monoisotopic (exact) mass is 410 g/mol. The molecule has 0 spiro atoms. The second-order valence-corrected chi connectivity index (χ2v) is 6.39. The van der Waals surface area contributed by atoms with Crippen LogP contribution in [0, 0.1) is 0 Å². The largest absolute Gasteiger partial charge is 0.507 e. The van der Waals surface area contributed by atoms with Crippen LogP contribution in [0.25, 0.3) is 0 Å². The van der Waals surface area contributed by atoms with E-state index in [-0.39, 0.29) is 39.9 Å². The van der Waals surface area contributed by atoms with E-state index < -0.39 is 11.8 Å². The zero-order valence-electron chi connectivity index (χ0n) is 15.1. The Hall–Kier alpha value is -3.78. The summed E-state index contributed by atoms with van der Waals surface area (Å²) in [4.78, 5) is 44.5. The lowest BCUT2D eigenvalue weighted by Crippen LogP contribution is -2.20. The van der Waals surface area contributed by atoms with E-state index in [9.17, 15) is 19.5 Å². The molecule has 0 radical (unpaired) electrons. The molecule has 0 unspecified atom stereocenters. The number of benzene rings is 1. The van der Waals surface area contributed by atoms with Gasteiger partial charge in [-0.25, -0.2) is 9.97 Å². The Labute approximate surface area is 170 Å². The number of phenols is 1. The van der Waals surface area contributed by atoms with Crippen molar-refractivity contribution in [1.29, 1.82) is 0 Å².